The second-order valence-electron chi connectivity index (χ2n) is 8.56. The summed E-state index contributed by atoms with van der Waals surface area (Å²) in [6.45, 7) is 1.06. The Morgan fingerprint density at radius 1 is 1.00 bits per heavy atom. The van der Waals surface area contributed by atoms with Crippen LogP contribution in [0.25, 0.3) is 34.3 Å². The first kappa shape index (κ1) is 27.0. The van der Waals surface area contributed by atoms with E-state index in [9.17, 15) is 31.5 Å². The van der Waals surface area contributed by atoms with E-state index in [4.69, 9.17) is 9.05 Å². The van der Waals surface area contributed by atoms with Crippen LogP contribution in [0, 0.1) is 0 Å². The van der Waals surface area contributed by atoms with Crippen LogP contribution < -0.4 is 5.32 Å². The van der Waals surface area contributed by atoms with Gasteiger partial charge in [-0.05, 0) is 12.5 Å². The van der Waals surface area contributed by atoms with E-state index in [1.807, 2.05) is 0 Å². The first-order chi connectivity index (χ1) is 17.8. The van der Waals surface area contributed by atoms with Gasteiger partial charge in [-0.15, -0.1) is 0 Å². The number of nitrogens with zero attached hydrogens (tertiary/aromatic N) is 3. The number of carbonyl (C=O) groups excluding carboxylic acids is 1. The summed E-state index contributed by atoms with van der Waals surface area (Å²) in [5.41, 5.74) is -2.90. The van der Waals surface area contributed by atoms with Crippen LogP contribution in [0.5, 0.6) is 0 Å². The van der Waals surface area contributed by atoms with Gasteiger partial charge >= 0.3 is 6.18 Å². The van der Waals surface area contributed by atoms with E-state index >= 15 is 0 Å². The lowest BCUT2D eigenvalue weighted by molar-refractivity contribution is -0.139. The van der Waals surface area contributed by atoms with Crippen molar-refractivity contribution in [3.8, 4) is 34.3 Å². The minimum absolute atomic E-state index is 0.0745. The van der Waals surface area contributed by atoms with Gasteiger partial charge in [0.05, 0.1) is 5.75 Å². The predicted octanol–water partition coefficient (Wildman–Crippen LogP) is 3.45. The SMILES string of the molecule is CC(O)(C(=O)NCCS(C)(=O)=O)c1ccc(-c2noc(-c3onc(-c4ccccc4)c3C(F)(F)F)n2)cc1. The van der Waals surface area contributed by atoms with Gasteiger partial charge in [0.15, 0.2) is 5.60 Å². The molecule has 1 amide bonds. The number of aliphatic hydroxyl groups is 1. The van der Waals surface area contributed by atoms with Gasteiger partial charge in [0.25, 0.3) is 11.8 Å². The Kier molecular flexibility index (Phi) is 7.12. The molecule has 0 saturated carbocycles. The van der Waals surface area contributed by atoms with E-state index in [0.29, 0.717) is 5.56 Å². The molecule has 0 aliphatic rings. The number of carbonyl (C=O) groups is 1. The molecule has 0 bridgehead atoms. The molecule has 1 unspecified atom stereocenters. The molecular formula is C24H21F3N4O6S. The van der Waals surface area contributed by atoms with E-state index in [1.54, 1.807) is 18.2 Å². The summed E-state index contributed by atoms with van der Waals surface area (Å²) in [7, 11) is -3.30. The van der Waals surface area contributed by atoms with Crippen molar-refractivity contribution < 1.29 is 40.5 Å². The van der Waals surface area contributed by atoms with Crippen LogP contribution in [0.15, 0.2) is 63.6 Å². The number of amides is 1. The van der Waals surface area contributed by atoms with Crippen LogP contribution in [0.3, 0.4) is 0 Å². The zero-order chi connectivity index (χ0) is 27.7. The third-order valence-electron chi connectivity index (χ3n) is 5.55. The van der Waals surface area contributed by atoms with E-state index in [1.165, 1.54) is 43.3 Å². The number of hydrogen-bond acceptors (Lipinski definition) is 9. The van der Waals surface area contributed by atoms with Gasteiger partial charge in [-0.2, -0.15) is 18.2 Å². The average Bonchev–Trinajstić information content (AvgIpc) is 3.51. The number of aromatic nitrogens is 3. The summed E-state index contributed by atoms with van der Waals surface area (Å²) in [5, 5.41) is 20.3. The Labute approximate surface area is 214 Å². The molecule has 0 fully saturated rings. The lowest BCUT2D eigenvalue weighted by Gasteiger charge is -2.23. The number of nitrogens with one attached hydrogen (secondary N) is 1. The highest BCUT2D eigenvalue weighted by Gasteiger charge is 2.43. The summed E-state index contributed by atoms with van der Waals surface area (Å²) in [6, 6.07) is 13.3. The second-order valence-corrected chi connectivity index (χ2v) is 10.8. The predicted molar refractivity (Wildman–Crippen MR) is 128 cm³/mol. The van der Waals surface area contributed by atoms with Crippen molar-refractivity contribution in [1.29, 1.82) is 0 Å². The maximum absolute atomic E-state index is 13.9. The van der Waals surface area contributed by atoms with Gasteiger partial charge in [0.1, 0.15) is 21.1 Å². The summed E-state index contributed by atoms with van der Waals surface area (Å²) in [6.07, 6.45) is -3.81. The van der Waals surface area contributed by atoms with Crippen LogP contribution >= 0.6 is 0 Å². The zero-order valence-electron chi connectivity index (χ0n) is 20.0. The zero-order valence-corrected chi connectivity index (χ0v) is 20.8. The van der Waals surface area contributed by atoms with Crippen LogP contribution in [0.2, 0.25) is 0 Å². The fourth-order valence-electron chi connectivity index (χ4n) is 3.52. The van der Waals surface area contributed by atoms with Gasteiger partial charge in [-0.25, -0.2) is 8.42 Å². The van der Waals surface area contributed by atoms with Crippen LogP contribution in [-0.2, 0) is 26.4 Å². The molecule has 0 spiro atoms. The highest BCUT2D eigenvalue weighted by Crippen LogP contribution is 2.43. The number of sulfone groups is 1. The minimum atomic E-state index is -4.83. The number of halogens is 3. The third-order valence-corrected chi connectivity index (χ3v) is 6.49. The Morgan fingerprint density at radius 2 is 1.66 bits per heavy atom. The number of rotatable bonds is 8. The topological polar surface area (TPSA) is 148 Å². The molecule has 14 heteroatoms. The summed E-state index contributed by atoms with van der Waals surface area (Å²) < 4.78 is 74.3. The molecule has 200 valence electrons. The summed E-state index contributed by atoms with van der Waals surface area (Å²) in [5.74, 6) is -2.45. The van der Waals surface area contributed by atoms with Crippen molar-refractivity contribution >= 4 is 15.7 Å². The first-order valence-electron chi connectivity index (χ1n) is 11.0. The minimum Gasteiger partial charge on any atom is -0.376 e. The summed E-state index contributed by atoms with van der Waals surface area (Å²) in [4.78, 5) is 16.4. The monoisotopic (exact) mass is 550 g/mol. The Morgan fingerprint density at radius 3 is 2.26 bits per heavy atom. The van der Waals surface area contributed by atoms with Crippen molar-refractivity contribution in [2.75, 3.05) is 18.6 Å². The highest BCUT2D eigenvalue weighted by atomic mass is 32.2. The third kappa shape index (κ3) is 5.75. The molecule has 2 heterocycles. The molecule has 0 aliphatic carbocycles. The van der Waals surface area contributed by atoms with Crippen molar-refractivity contribution in [2.45, 2.75) is 18.7 Å². The maximum atomic E-state index is 13.9. The second kappa shape index (κ2) is 10.0. The molecule has 0 aliphatic heterocycles. The molecule has 38 heavy (non-hydrogen) atoms. The van der Waals surface area contributed by atoms with Gasteiger partial charge in [-0.1, -0.05) is 64.9 Å². The number of benzene rings is 2. The van der Waals surface area contributed by atoms with Gasteiger partial charge in [0.2, 0.25) is 11.6 Å². The average molecular weight is 551 g/mol. The first-order valence-corrected chi connectivity index (χ1v) is 13.1. The Bertz CT molecular complexity index is 1550. The molecule has 0 saturated heterocycles. The van der Waals surface area contributed by atoms with Gasteiger partial charge in [-0.3, -0.25) is 4.79 Å². The van der Waals surface area contributed by atoms with Crippen molar-refractivity contribution in [2.24, 2.45) is 0 Å². The number of alkyl halides is 3. The summed E-state index contributed by atoms with van der Waals surface area (Å²) >= 11 is 0. The standard InChI is InChI=1S/C24H21F3N4O6S/c1-23(33,22(32)28-12-13-38(2,34)35)16-10-8-15(9-11-16)20-29-21(37-31-20)19-17(24(25,26)27)18(30-36-19)14-6-4-3-5-7-14/h3-11,33H,12-13H2,1-2H3,(H,28,32). The largest absolute Gasteiger partial charge is 0.422 e. The molecule has 0 radical (unpaired) electrons. The highest BCUT2D eigenvalue weighted by molar-refractivity contribution is 7.90. The van der Waals surface area contributed by atoms with Crippen molar-refractivity contribution in [3.05, 3.63) is 65.7 Å². The van der Waals surface area contributed by atoms with Gasteiger partial charge in [0, 0.05) is 23.9 Å². The van der Waals surface area contributed by atoms with Crippen LogP contribution in [-0.4, -0.2) is 53.3 Å². The van der Waals surface area contributed by atoms with Gasteiger partial charge < -0.3 is 19.5 Å². The molecule has 1 atom stereocenters. The van der Waals surface area contributed by atoms with Crippen LogP contribution in [0.1, 0.15) is 18.1 Å². The fraction of sp³-hybridized carbons (Fsp3) is 0.250. The molecule has 2 aromatic heterocycles. The quantitative estimate of drug-likeness (QED) is 0.336. The van der Waals surface area contributed by atoms with Crippen LogP contribution in [0.4, 0.5) is 13.2 Å². The fourth-order valence-corrected chi connectivity index (χ4v) is 3.99. The number of hydrogen-bond donors (Lipinski definition) is 2. The molecule has 2 aromatic carbocycles. The van der Waals surface area contributed by atoms with E-state index in [2.05, 4.69) is 20.6 Å². The molecule has 4 aromatic rings. The smallest absolute Gasteiger partial charge is 0.376 e. The molecule has 2 N–H and O–H groups in total. The molecule has 10 nitrogen and oxygen atoms in total. The molecular weight excluding hydrogens is 529 g/mol. The van der Waals surface area contributed by atoms with E-state index < -0.39 is 50.4 Å². The van der Waals surface area contributed by atoms with Crippen molar-refractivity contribution in [1.82, 2.24) is 20.6 Å². The van der Waals surface area contributed by atoms with E-state index in [0.717, 1.165) is 6.26 Å². The lowest BCUT2D eigenvalue weighted by Crippen LogP contribution is -2.43. The van der Waals surface area contributed by atoms with Crippen molar-refractivity contribution in [3.63, 3.8) is 0 Å². The maximum Gasteiger partial charge on any atom is 0.422 e. The normalized spacial score (nSPS) is 13.7. The lowest BCUT2D eigenvalue weighted by atomic mass is 9.94. The molecule has 4 rings (SSSR count). The Hall–Kier alpha value is -4.04. The Balaban J connectivity index is 1.58. The van der Waals surface area contributed by atoms with E-state index in [-0.39, 0.29) is 29.2 Å².